The van der Waals surface area contributed by atoms with E-state index < -0.39 is 0 Å². The Morgan fingerprint density at radius 2 is 2.10 bits per heavy atom. The number of aromatic nitrogens is 1. The molecule has 3 rings (SSSR count). The first-order chi connectivity index (χ1) is 10.1. The van der Waals surface area contributed by atoms with Gasteiger partial charge in [0.15, 0.2) is 5.13 Å². The number of nitrogens with zero attached hydrogens (tertiary/aromatic N) is 1. The van der Waals surface area contributed by atoms with Gasteiger partial charge < -0.3 is 5.32 Å². The fraction of sp³-hybridized carbons (Fsp3) is 0.588. The molecule has 1 heterocycles. The van der Waals surface area contributed by atoms with Crippen LogP contribution in [0.1, 0.15) is 46.0 Å². The largest absolute Gasteiger partial charge is 0.361 e. The Labute approximate surface area is 129 Å². The second-order valence-electron chi connectivity index (χ2n) is 6.79. The number of hydrogen-bond donors (Lipinski definition) is 1. The minimum absolute atomic E-state index is 0.216. The minimum Gasteiger partial charge on any atom is -0.361 e. The number of fused-ring (bicyclic) bond motifs is 1. The van der Waals surface area contributed by atoms with E-state index in [1.807, 2.05) is 6.07 Å². The van der Waals surface area contributed by atoms with Gasteiger partial charge in [-0.05, 0) is 42.7 Å². The van der Waals surface area contributed by atoms with Gasteiger partial charge in [0.1, 0.15) is 5.82 Å². The molecule has 0 bridgehead atoms. The van der Waals surface area contributed by atoms with Crippen LogP contribution in [0.4, 0.5) is 9.52 Å². The third-order valence-electron chi connectivity index (χ3n) is 4.47. The lowest BCUT2D eigenvalue weighted by Crippen LogP contribution is -2.28. The Kier molecular flexibility index (Phi) is 4.16. The van der Waals surface area contributed by atoms with Gasteiger partial charge in [0.25, 0.3) is 0 Å². The predicted octanol–water partition coefficient (Wildman–Crippen LogP) is 5.45. The minimum atomic E-state index is -0.216. The number of anilines is 1. The van der Waals surface area contributed by atoms with Crippen LogP contribution in [-0.4, -0.2) is 11.5 Å². The maximum atomic E-state index is 13.2. The van der Waals surface area contributed by atoms with Crippen LogP contribution in [0.5, 0.6) is 0 Å². The molecule has 2 aromatic rings. The molecule has 1 saturated carbocycles. The number of benzene rings is 1. The molecular formula is C17H23FN2S. The first-order valence-corrected chi connectivity index (χ1v) is 8.68. The summed E-state index contributed by atoms with van der Waals surface area (Å²) in [6.07, 6.45) is 6.61. The molecule has 21 heavy (non-hydrogen) atoms. The van der Waals surface area contributed by atoms with Crippen molar-refractivity contribution in [3.8, 4) is 0 Å². The van der Waals surface area contributed by atoms with E-state index in [0.717, 1.165) is 27.8 Å². The van der Waals surface area contributed by atoms with Gasteiger partial charge in [-0.15, -0.1) is 0 Å². The van der Waals surface area contributed by atoms with Crippen LogP contribution in [0.25, 0.3) is 10.2 Å². The van der Waals surface area contributed by atoms with E-state index in [9.17, 15) is 4.39 Å². The van der Waals surface area contributed by atoms with Crippen molar-refractivity contribution in [2.45, 2.75) is 46.0 Å². The summed E-state index contributed by atoms with van der Waals surface area (Å²) in [5.41, 5.74) is 1.18. The zero-order chi connectivity index (χ0) is 14.9. The Morgan fingerprint density at radius 3 is 2.81 bits per heavy atom. The van der Waals surface area contributed by atoms with Gasteiger partial charge in [-0.3, -0.25) is 0 Å². The molecule has 0 unspecified atom stereocenters. The molecule has 0 radical (unpaired) electrons. The standard InChI is InChI=1S/C17H23FN2S/c1-12(2)10-17(7-3-4-8-17)11-19-16-20-14-9-13(18)5-6-15(14)21-16/h5-6,9,12H,3-4,7-8,10-11H2,1-2H3,(H,19,20). The molecule has 1 aromatic heterocycles. The topological polar surface area (TPSA) is 24.9 Å². The summed E-state index contributed by atoms with van der Waals surface area (Å²) in [6, 6.07) is 4.82. The van der Waals surface area contributed by atoms with Crippen molar-refractivity contribution in [3.63, 3.8) is 0 Å². The normalized spacial score (nSPS) is 17.7. The fourth-order valence-electron chi connectivity index (χ4n) is 3.68. The second kappa shape index (κ2) is 5.91. The zero-order valence-electron chi connectivity index (χ0n) is 12.8. The van der Waals surface area contributed by atoms with Gasteiger partial charge in [0.2, 0.25) is 0 Å². The average molecular weight is 306 g/mol. The SMILES string of the molecule is CC(C)CC1(CNc2nc3cc(F)ccc3s2)CCCC1. The van der Waals surface area contributed by atoms with Gasteiger partial charge in [-0.25, -0.2) is 9.37 Å². The Bertz CT molecular complexity index is 614. The van der Waals surface area contributed by atoms with Crippen molar-refractivity contribution in [1.82, 2.24) is 4.98 Å². The average Bonchev–Trinajstić information content (AvgIpc) is 3.02. The van der Waals surface area contributed by atoms with E-state index in [1.54, 1.807) is 11.3 Å². The van der Waals surface area contributed by atoms with Crippen molar-refractivity contribution in [2.75, 3.05) is 11.9 Å². The van der Waals surface area contributed by atoms with Crippen LogP contribution in [0.2, 0.25) is 0 Å². The highest BCUT2D eigenvalue weighted by Crippen LogP contribution is 2.43. The number of hydrogen-bond acceptors (Lipinski definition) is 3. The van der Waals surface area contributed by atoms with Crippen LogP contribution < -0.4 is 5.32 Å². The summed E-state index contributed by atoms with van der Waals surface area (Å²) >= 11 is 1.62. The molecule has 1 N–H and O–H groups in total. The third kappa shape index (κ3) is 3.37. The lowest BCUT2D eigenvalue weighted by molar-refractivity contribution is 0.252. The molecule has 1 aromatic carbocycles. The van der Waals surface area contributed by atoms with Crippen molar-refractivity contribution in [1.29, 1.82) is 0 Å². The summed E-state index contributed by atoms with van der Waals surface area (Å²) in [7, 11) is 0. The molecule has 0 atom stereocenters. The first-order valence-electron chi connectivity index (χ1n) is 7.86. The molecule has 1 aliphatic carbocycles. The molecule has 0 aliphatic heterocycles. The molecule has 0 saturated heterocycles. The van der Waals surface area contributed by atoms with E-state index in [4.69, 9.17) is 0 Å². The third-order valence-corrected chi connectivity index (χ3v) is 5.46. The summed E-state index contributed by atoms with van der Waals surface area (Å²) in [5.74, 6) is 0.515. The summed E-state index contributed by atoms with van der Waals surface area (Å²) in [6.45, 7) is 5.61. The van der Waals surface area contributed by atoms with Crippen molar-refractivity contribution >= 4 is 26.7 Å². The number of thiazole rings is 1. The fourth-order valence-corrected chi connectivity index (χ4v) is 4.53. The maximum Gasteiger partial charge on any atom is 0.183 e. The molecule has 2 nitrogen and oxygen atoms in total. The van der Waals surface area contributed by atoms with Crippen molar-refractivity contribution < 1.29 is 4.39 Å². The van der Waals surface area contributed by atoms with Gasteiger partial charge in [0.05, 0.1) is 10.2 Å². The summed E-state index contributed by atoms with van der Waals surface area (Å²) in [4.78, 5) is 4.51. The number of halogens is 1. The predicted molar refractivity (Wildman–Crippen MR) is 88.4 cm³/mol. The highest BCUT2D eigenvalue weighted by molar-refractivity contribution is 7.22. The Hall–Kier alpha value is -1.16. The molecular weight excluding hydrogens is 283 g/mol. The zero-order valence-corrected chi connectivity index (χ0v) is 13.6. The van der Waals surface area contributed by atoms with E-state index in [0.29, 0.717) is 5.41 Å². The quantitative estimate of drug-likeness (QED) is 0.794. The van der Waals surface area contributed by atoms with E-state index >= 15 is 0 Å². The monoisotopic (exact) mass is 306 g/mol. The maximum absolute atomic E-state index is 13.2. The lowest BCUT2D eigenvalue weighted by atomic mass is 9.78. The summed E-state index contributed by atoms with van der Waals surface area (Å²) < 4.78 is 14.3. The summed E-state index contributed by atoms with van der Waals surface area (Å²) in [5, 5.41) is 4.45. The Morgan fingerprint density at radius 1 is 1.33 bits per heavy atom. The van der Waals surface area contributed by atoms with Crippen molar-refractivity contribution in [3.05, 3.63) is 24.0 Å². The molecule has 1 fully saturated rings. The number of nitrogens with one attached hydrogen (secondary N) is 1. The lowest BCUT2D eigenvalue weighted by Gasteiger charge is -2.31. The van der Waals surface area contributed by atoms with Crippen LogP contribution in [0.15, 0.2) is 18.2 Å². The van der Waals surface area contributed by atoms with Gasteiger partial charge >= 0.3 is 0 Å². The van der Waals surface area contributed by atoms with Crippen LogP contribution in [-0.2, 0) is 0 Å². The van der Waals surface area contributed by atoms with Gasteiger partial charge in [-0.1, -0.05) is 38.0 Å². The van der Waals surface area contributed by atoms with E-state index in [2.05, 4.69) is 24.1 Å². The molecule has 1 aliphatic rings. The van der Waals surface area contributed by atoms with E-state index in [1.165, 1.54) is 44.2 Å². The second-order valence-corrected chi connectivity index (χ2v) is 7.82. The van der Waals surface area contributed by atoms with Crippen molar-refractivity contribution in [2.24, 2.45) is 11.3 Å². The molecule has 114 valence electrons. The highest BCUT2D eigenvalue weighted by Gasteiger charge is 2.34. The first kappa shape index (κ1) is 14.8. The van der Waals surface area contributed by atoms with Crippen LogP contribution in [0.3, 0.4) is 0 Å². The molecule has 4 heteroatoms. The highest BCUT2D eigenvalue weighted by atomic mass is 32.1. The number of rotatable bonds is 5. The van der Waals surface area contributed by atoms with Gasteiger partial charge in [-0.2, -0.15) is 0 Å². The smallest absolute Gasteiger partial charge is 0.183 e. The van der Waals surface area contributed by atoms with Gasteiger partial charge in [0, 0.05) is 12.6 Å². The van der Waals surface area contributed by atoms with E-state index in [-0.39, 0.29) is 5.82 Å². The molecule has 0 spiro atoms. The Balaban J connectivity index is 1.72. The van der Waals surface area contributed by atoms with Crippen LogP contribution in [0, 0.1) is 17.2 Å². The van der Waals surface area contributed by atoms with Crippen LogP contribution >= 0.6 is 11.3 Å². The molecule has 0 amide bonds.